The highest BCUT2D eigenvalue weighted by atomic mass is 16.2. The lowest BCUT2D eigenvalue weighted by Gasteiger charge is -2.26. The summed E-state index contributed by atoms with van der Waals surface area (Å²) in [5, 5.41) is 9.80. The Bertz CT molecular complexity index is 475. The van der Waals surface area contributed by atoms with Crippen molar-refractivity contribution in [2.75, 3.05) is 6.54 Å². The topological polar surface area (TPSA) is 70.7 Å². The lowest BCUT2D eigenvalue weighted by molar-refractivity contribution is 0.0939. The van der Waals surface area contributed by atoms with Crippen LogP contribution in [0.1, 0.15) is 76.2 Å². The molecule has 1 fully saturated rings. The van der Waals surface area contributed by atoms with E-state index in [0.717, 1.165) is 30.6 Å². The SMILES string of the molecule is CC1CCCC(CCNC(=O)c2n[nH]c(C(C)(C)C)n2)C1. The highest BCUT2D eigenvalue weighted by molar-refractivity contribution is 5.90. The van der Waals surface area contributed by atoms with Gasteiger partial charge in [0.2, 0.25) is 5.82 Å². The molecule has 5 heteroatoms. The van der Waals surface area contributed by atoms with E-state index >= 15 is 0 Å². The second kappa shape index (κ2) is 6.58. The Kier molecular flexibility index (Phi) is 5.01. The predicted octanol–water partition coefficient (Wildman–Crippen LogP) is 3.05. The van der Waals surface area contributed by atoms with Gasteiger partial charge < -0.3 is 5.32 Å². The average molecular weight is 292 g/mol. The maximum Gasteiger partial charge on any atom is 0.290 e. The van der Waals surface area contributed by atoms with Crippen LogP contribution in [-0.4, -0.2) is 27.6 Å². The third-order valence-corrected chi connectivity index (χ3v) is 4.28. The first-order valence-corrected chi connectivity index (χ1v) is 8.07. The van der Waals surface area contributed by atoms with Crippen LogP contribution in [0.15, 0.2) is 0 Å². The van der Waals surface area contributed by atoms with Crippen LogP contribution >= 0.6 is 0 Å². The van der Waals surface area contributed by atoms with Crippen molar-refractivity contribution >= 4 is 5.91 Å². The van der Waals surface area contributed by atoms with Crippen LogP contribution in [0.25, 0.3) is 0 Å². The van der Waals surface area contributed by atoms with Crippen LogP contribution < -0.4 is 5.32 Å². The second-order valence-electron chi connectivity index (χ2n) is 7.44. The highest BCUT2D eigenvalue weighted by Crippen LogP contribution is 2.30. The van der Waals surface area contributed by atoms with Crippen LogP contribution in [0, 0.1) is 11.8 Å². The number of carbonyl (C=O) groups excluding carboxylic acids is 1. The fraction of sp³-hybridized carbons (Fsp3) is 0.812. The van der Waals surface area contributed by atoms with Gasteiger partial charge in [-0.05, 0) is 24.7 Å². The molecule has 118 valence electrons. The molecule has 1 aromatic heterocycles. The Morgan fingerprint density at radius 3 is 2.76 bits per heavy atom. The van der Waals surface area contributed by atoms with Gasteiger partial charge in [-0.1, -0.05) is 47.0 Å². The third kappa shape index (κ3) is 4.55. The molecular weight excluding hydrogens is 264 g/mol. The Labute approximate surface area is 127 Å². The van der Waals surface area contributed by atoms with E-state index in [2.05, 4.69) is 27.4 Å². The molecule has 1 aliphatic rings. The number of nitrogens with zero attached hydrogens (tertiary/aromatic N) is 2. The molecule has 2 N–H and O–H groups in total. The number of carbonyl (C=O) groups is 1. The zero-order valence-corrected chi connectivity index (χ0v) is 13.7. The van der Waals surface area contributed by atoms with E-state index < -0.39 is 0 Å². The van der Waals surface area contributed by atoms with E-state index in [1.54, 1.807) is 0 Å². The predicted molar refractivity (Wildman–Crippen MR) is 83.2 cm³/mol. The molecule has 1 amide bonds. The number of aromatic nitrogens is 3. The van der Waals surface area contributed by atoms with Crippen molar-refractivity contribution in [3.05, 3.63) is 11.6 Å². The number of hydrogen-bond acceptors (Lipinski definition) is 3. The van der Waals surface area contributed by atoms with Crippen LogP contribution in [0.2, 0.25) is 0 Å². The maximum atomic E-state index is 12.0. The molecule has 2 atom stereocenters. The first-order chi connectivity index (χ1) is 9.86. The number of aromatic amines is 1. The lowest BCUT2D eigenvalue weighted by atomic mass is 9.81. The summed E-state index contributed by atoms with van der Waals surface area (Å²) in [6, 6.07) is 0. The lowest BCUT2D eigenvalue weighted by Crippen LogP contribution is -2.28. The van der Waals surface area contributed by atoms with Crippen molar-refractivity contribution in [3.63, 3.8) is 0 Å². The van der Waals surface area contributed by atoms with Crippen LogP contribution in [0.3, 0.4) is 0 Å². The summed E-state index contributed by atoms with van der Waals surface area (Å²) < 4.78 is 0. The number of rotatable bonds is 4. The molecule has 0 aliphatic heterocycles. The van der Waals surface area contributed by atoms with Crippen molar-refractivity contribution < 1.29 is 4.79 Å². The van der Waals surface area contributed by atoms with Gasteiger partial charge in [0.1, 0.15) is 5.82 Å². The summed E-state index contributed by atoms with van der Waals surface area (Å²) in [7, 11) is 0. The van der Waals surface area contributed by atoms with Gasteiger partial charge >= 0.3 is 0 Å². The van der Waals surface area contributed by atoms with Crippen molar-refractivity contribution in [2.45, 2.75) is 65.2 Å². The normalized spacial score (nSPS) is 23.0. The smallest absolute Gasteiger partial charge is 0.290 e. The highest BCUT2D eigenvalue weighted by Gasteiger charge is 2.22. The first-order valence-electron chi connectivity index (χ1n) is 8.07. The van der Waals surface area contributed by atoms with E-state index in [0.29, 0.717) is 0 Å². The van der Waals surface area contributed by atoms with E-state index in [1.165, 1.54) is 25.7 Å². The van der Waals surface area contributed by atoms with Crippen molar-refractivity contribution in [1.29, 1.82) is 0 Å². The first kappa shape index (κ1) is 16.0. The molecule has 1 saturated carbocycles. The summed E-state index contributed by atoms with van der Waals surface area (Å²) in [6.45, 7) is 9.17. The summed E-state index contributed by atoms with van der Waals surface area (Å²) in [5.41, 5.74) is -0.121. The van der Waals surface area contributed by atoms with Gasteiger partial charge in [0.15, 0.2) is 0 Å². The second-order valence-corrected chi connectivity index (χ2v) is 7.44. The maximum absolute atomic E-state index is 12.0. The Balaban J connectivity index is 1.78. The summed E-state index contributed by atoms with van der Waals surface area (Å²) in [4.78, 5) is 16.3. The van der Waals surface area contributed by atoms with Gasteiger partial charge in [0.25, 0.3) is 5.91 Å². The molecule has 0 radical (unpaired) electrons. The standard InChI is InChI=1S/C16H28N4O/c1-11-6-5-7-12(10-11)8-9-17-14(21)13-18-15(20-19-13)16(2,3)4/h11-12H,5-10H2,1-4H3,(H,17,21)(H,18,19,20). The summed E-state index contributed by atoms with van der Waals surface area (Å²) in [5.74, 6) is 2.41. The largest absolute Gasteiger partial charge is 0.349 e. The Morgan fingerprint density at radius 1 is 1.38 bits per heavy atom. The van der Waals surface area contributed by atoms with Crippen LogP contribution in [0.4, 0.5) is 0 Å². The van der Waals surface area contributed by atoms with E-state index in [4.69, 9.17) is 0 Å². The van der Waals surface area contributed by atoms with Gasteiger partial charge in [-0.25, -0.2) is 4.98 Å². The van der Waals surface area contributed by atoms with Gasteiger partial charge in [0.05, 0.1) is 0 Å². The van der Waals surface area contributed by atoms with Crippen molar-refractivity contribution in [3.8, 4) is 0 Å². The molecule has 2 rings (SSSR count). The molecule has 1 heterocycles. The molecule has 1 aromatic rings. The molecule has 1 aliphatic carbocycles. The van der Waals surface area contributed by atoms with Crippen LogP contribution in [-0.2, 0) is 5.41 Å². The molecule has 21 heavy (non-hydrogen) atoms. The monoisotopic (exact) mass is 292 g/mol. The minimum absolute atomic E-state index is 0.121. The van der Waals surface area contributed by atoms with Gasteiger partial charge in [-0.3, -0.25) is 9.89 Å². The minimum Gasteiger partial charge on any atom is -0.349 e. The average Bonchev–Trinajstić information content (AvgIpc) is 2.88. The zero-order valence-electron chi connectivity index (χ0n) is 13.7. The van der Waals surface area contributed by atoms with E-state index in [1.807, 2.05) is 20.8 Å². The summed E-state index contributed by atoms with van der Waals surface area (Å²) in [6.07, 6.45) is 6.34. The van der Waals surface area contributed by atoms with Gasteiger partial charge in [0, 0.05) is 12.0 Å². The molecule has 2 unspecified atom stereocenters. The van der Waals surface area contributed by atoms with E-state index in [9.17, 15) is 4.79 Å². The number of hydrogen-bond donors (Lipinski definition) is 2. The van der Waals surface area contributed by atoms with Crippen molar-refractivity contribution in [2.24, 2.45) is 11.8 Å². The van der Waals surface area contributed by atoms with E-state index in [-0.39, 0.29) is 17.1 Å². The molecule has 0 bridgehead atoms. The molecule has 5 nitrogen and oxygen atoms in total. The van der Waals surface area contributed by atoms with Gasteiger partial charge in [-0.2, -0.15) is 0 Å². The third-order valence-electron chi connectivity index (χ3n) is 4.28. The fourth-order valence-corrected chi connectivity index (χ4v) is 2.99. The summed E-state index contributed by atoms with van der Waals surface area (Å²) >= 11 is 0. The number of amides is 1. The number of nitrogens with one attached hydrogen (secondary N) is 2. The Hall–Kier alpha value is -1.39. The minimum atomic E-state index is -0.175. The molecule has 0 aromatic carbocycles. The quantitative estimate of drug-likeness (QED) is 0.896. The zero-order chi connectivity index (χ0) is 15.5. The molecule has 0 spiro atoms. The van der Waals surface area contributed by atoms with Crippen LogP contribution in [0.5, 0.6) is 0 Å². The fourth-order valence-electron chi connectivity index (χ4n) is 2.99. The van der Waals surface area contributed by atoms with Gasteiger partial charge in [-0.15, -0.1) is 5.10 Å². The molecule has 0 saturated heterocycles. The molecular formula is C16H28N4O. The number of H-pyrrole nitrogens is 1. The Morgan fingerprint density at radius 2 is 2.14 bits per heavy atom. The van der Waals surface area contributed by atoms with Crippen molar-refractivity contribution in [1.82, 2.24) is 20.5 Å².